The molecule has 0 saturated carbocycles. The largest absolute Gasteiger partial charge is 0.485 e. The number of para-hydroxylation sites is 1. The molecule has 29 heavy (non-hydrogen) atoms. The lowest BCUT2D eigenvalue weighted by Crippen LogP contribution is -2.62. The van der Waals surface area contributed by atoms with Gasteiger partial charge in [0.1, 0.15) is 18.1 Å². The van der Waals surface area contributed by atoms with Crippen LogP contribution in [0, 0.1) is 0 Å². The van der Waals surface area contributed by atoms with Gasteiger partial charge in [-0.25, -0.2) is 0 Å². The van der Waals surface area contributed by atoms with Crippen molar-refractivity contribution < 1.29 is 13.9 Å². The Hall–Kier alpha value is -2.53. The second kappa shape index (κ2) is 8.46. The number of benzene rings is 1. The third-order valence-corrected chi connectivity index (χ3v) is 5.12. The Bertz CT molecular complexity index is 851. The van der Waals surface area contributed by atoms with Crippen molar-refractivity contribution in [2.75, 3.05) is 0 Å². The van der Waals surface area contributed by atoms with E-state index in [1.54, 1.807) is 12.1 Å². The standard InChI is InChI=1S/C24H32N2O3/c1-6-9-17-10-7-8-11-20(17)28-16-19-12-13-21(29-19)22(27)25-18-14-23(2,3)26-24(4,5)15-18/h6-8,10-13,18,26H,1,9,14-16H2,2-5H3,(H,25,27). The fourth-order valence-electron chi connectivity index (χ4n) is 4.38. The minimum absolute atomic E-state index is 0.0271. The third kappa shape index (κ3) is 5.73. The maximum Gasteiger partial charge on any atom is 0.287 e. The monoisotopic (exact) mass is 396 g/mol. The molecular weight excluding hydrogens is 364 g/mol. The van der Waals surface area contributed by atoms with Crippen LogP contribution in [0.4, 0.5) is 0 Å². The molecule has 2 aromatic rings. The molecule has 1 aromatic carbocycles. The van der Waals surface area contributed by atoms with Crippen molar-refractivity contribution in [3.8, 4) is 5.75 Å². The lowest BCUT2D eigenvalue weighted by molar-refractivity contribution is 0.0842. The zero-order chi connectivity index (χ0) is 21.1. The van der Waals surface area contributed by atoms with Crippen LogP contribution in [0.25, 0.3) is 0 Å². The van der Waals surface area contributed by atoms with Crippen molar-refractivity contribution in [2.45, 2.75) is 70.7 Å². The Labute approximate surface area is 173 Å². The van der Waals surface area contributed by atoms with Gasteiger partial charge in [0.15, 0.2) is 5.76 Å². The number of hydrogen-bond donors (Lipinski definition) is 2. The molecule has 1 saturated heterocycles. The Morgan fingerprint density at radius 1 is 1.21 bits per heavy atom. The van der Waals surface area contributed by atoms with E-state index >= 15 is 0 Å². The van der Waals surface area contributed by atoms with Crippen LogP contribution in [0.2, 0.25) is 0 Å². The summed E-state index contributed by atoms with van der Waals surface area (Å²) >= 11 is 0. The van der Waals surface area contributed by atoms with E-state index in [0.29, 0.717) is 11.5 Å². The van der Waals surface area contributed by atoms with Gasteiger partial charge in [-0.3, -0.25) is 4.79 Å². The van der Waals surface area contributed by atoms with Crippen LogP contribution < -0.4 is 15.4 Å². The molecule has 0 unspecified atom stereocenters. The van der Waals surface area contributed by atoms with Gasteiger partial charge < -0.3 is 19.8 Å². The molecule has 5 heteroatoms. The lowest BCUT2D eigenvalue weighted by Gasteiger charge is -2.46. The predicted octanol–water partition coefficient (Wildman–Crippen LogP) is 4.63. The maximum atomic E-state index is 12.7. The van der Waals surface area contributed by atoms with E-state index in [9.17, 15) is 4.79 Å². The average molecular weight is 397 g/mol. The van der Waals surface area contributed by atoms with E-state index in [1.807, 2.05) is 30.3 Å². The van der Waals surface area contributed by atoms with Crippen LogP contribution in [-0.2, 0) is 13.0 Å². The lowest BCUT2D eigenvalue weighted by atomic mass is 9.79. The Morgan fingerprint density at radius 2 is 1.90 bits per heavy atom. The summed E-state index contributed by atoms with van der Waals surface area (Å²) in [5.41, 5.74) is 1.02. The number of amides is 1. The van der Waals surface area contributed by atoms with Gasteiger partial charge in [-0.1, -0.05) is 24.3 Å². The summed E-state index contributed by atoms with van der Waals surface area (Å²) < 4.78 is 11.6. The molecule has 1 fully saturated rings. The van der Waals surface area contributed by atoms with Gasteiger partial charge in [-0.2, -0.15) is 0 Å². The molecule has 5 nitrogen and oxygen atoms in total. The summed E-state index contributed by atoms with van der Waals surface area (Å²) in [4.78, 5) is 12.7. The summed E-state index contributed by atoms with van der Waals surface area (Å²) in [6, 6.07) is 11.5. The number of hydrogen-bond acceptors (Lipinski definition) is 4. The normalized spacial score (nSPS) is 18.2. The van der Waals surface area contributed by atoms with E-state index in [4.69, 9.17) is 9.15 Å². The number of carbonyl (C=O) groups excluding carboxylic acids is 1. The Kier molecular flexibility index (Phi) is 6.18. The third-order valence-electron chi connectivity index (χ3n) is 5.12. The van der Waals surface area contributed by atoms with E-state index in [0.717, 1.165) is 30.6 Å². The van der Waals surface area contributed by atoms with Crippen molar-refractivity contribution in [3.63, 3.8) is 0 Å². The highest BCUT2D eigenvalue weighted by atomic mass is 16.5. The second-order valence-corrected chi connectivity index (χ2v) is 9.13. The van der Waals surface area contributed by atoms with Crippen LogP contribution in [0.15, 0.2) is 53.5 Å². The van der Waals surface area contributed by atoms with Gasteiger partial charge in [0.2, 0.25) is 0 Å². The number of ether oxygens (including phenoxy) is 1. The van der Waals surface area contributed by atoms with Crippen molar-refractivity contribution >= 4 is 5.91 Å². The first-order chi connectivity index (χ1) is 13.7. The van der Waals surface area contributed by atoms with E-state index in [1.165, 1.54) is 0 Å². The molecule has 1 aliphatic rings. The van der Waals surface area contributed by atoms with Gasteiger partial charge in [0.05, 0.1) is 0 Å². The summed E-state index contributed by atoms with van der Waals surface area (Å²) in [6.45, 7) is 12.7. The van der Waals surface area contributed by atoms with Gasteiger partial charge in [-0.05, 0) is 70.7 Å². The highest BCUT2D eigenvalue weighted by molar-refractivity contribution is 5.91. The molecule has 0 radical (unpaired) electrons. The van der Waals surface area contributed by atoms with Crippen LogP contribution in [0.3, 0.4) is 0 Å². The van der Waals surface area contributed by atoms with Crippen LogP contribution in [0.1, 0.15) is 62.4 Å². The minimum atomic E-state index is -0.179. The highest BCUT2D eigenvalue weighted by Gasteiger charge is 2.38. The van der Waals surface area contributed by atoms with Gasteiger partial charge in [-0.15, -0.1) is 6.58 Å². The second-order valence-electron chi connectivity index (χ2n) is 9.13. The number of nitrogens with one attached hydrogen (secondary N) is 2. The summed E-state index contributed by atoms with van der Waals surface area (Å²) in [6.07, 6.45) is 4.34. The zero-order valence-electron chi connectivity index (χ0n) is 17.9. The summed E-state index contributed by atoms with van der Waals surface area (Å²) in [5.74, 6) is 1.56. The summed E-state index contributed by atoms with van der Waals surface area (Å²) in [5, 5.41) is 6.76. The molecule has 1 aliphatic heterocycles. The van der Waals surface area contributed by atoms with Crippen LogP contribution in [0.5, 0.6) is 5.75 Å². The molecule has 2 N–H and O–H groups in total. The minimum Gasteiger partial charge on any atom is -0.485 e. The number of allylic oxidation sites excluding steroid dienone is 1. The first kappa shape index (κ1) is 21.2. The van der Waals surface area contributed by atoms with Crippen molar-refractivity contribution in [3.05, 3.63) is 66.1 Å². The molecule has 1 aromatic heterocycles. The van der Waals surface area contributed by atoms with Gasteiger partial charge in [0.25, 0.3) is 5.91 Å². The Morgan fingerprint density at radius 3 is 2.59 bits per heavy atom. The predicted molar refractivity (Wildman–Crippen MR) is 115 cm³/mol. The van der Waals surface area contributed by atoms with Crippen molar-refractivity contribution in [2.24, 2.45) is 0 Å². The SMILES string of the molecule is C=CCc1ccccc1OCc1ccc(C(=O)NC2CC(C)(C)NC(C)(C)C2)o1. The molecule has 0 bridgehead atoms. The van der Waals surface area contributed by atoms with Crippen LogP contribution in [-0.4, -0.2) is 23.0 Å². The van der Waals surface area contributed by atoms with Gasteiger partial charge >= 0.3 is 0 Å². The van der Waals surface area contributed by atoms with E-state index < -0.39 is 0 Å². The first-order valence-electron chi connectivity index (χ1n) is 10.2. The molecule has 2 heterocycles. The van der Waals surface area contributed by atoms with E-state index in [2.05, 4.69) is 44.9 Å². The molecular formula is C24H32N2O3. The smallest absolute Gasteiger partial charge is 0.287 e. The first-order valence-corrected chi connectivity index (χ1v) is 10.2. The molecule has 0 spiro atoms. The van der Waals surface area contributed by atoms with Gasteiger partial charge in [0, 0.05) is 17.1 Å². The zero-order valence-corrected chi connectivity index (χ0v) is 17.9. The summed E-state index contributed by atoms with van der Waals surface area (Å²) in [7, 11) is 0. The molecule has 0 atom stereocenters. The fourth-order valence-corrected chi connectivity index (χ4v) is 4.38. The molecule has 0 aliphatic carbocycles. The molecule has 1 amide bonds. The van der Waals surface area contributed by atoms with Crippen molar-refractivity contribution in [1.29, 1.82) is 0 Å². The number of carbonyl (C=O) groups is 1. The fraction of sp³-hybridized carbons (Fsp3) is 0.458. The van der Waals surface area contributed by atoms with E-state index in [-0.39, 0.29) is 29.6 Å². The van der Waals surface area contributed by atoms with Crippen LogP contribution >= 0.6 is 0 Å². The quantitative estimate of drug-likeness (QED) is 0.670. The number of furan rings is 1. The molecule has 156 valence electrons. The number of piperidine rings is 1. The highest BCUT2D eigenvalue weighted by Crippen LogP contribution is 2.29. The average Bonchev–Trinajstić information content (AvgIpc) is 3.07. The number of rotatable bonds is 7. The molecule has 3 rings (SSSR count). The topological polar surface area (TPSA) is 63.5 Å². The Balaban J connectivity index is 1.60. The van der Waals surface area contributed by atoms with Crippen molar-refractivity contribution in [1.82, 2.24) is 10.6 Å². The maximum absolute atomic E-state index is 12.7.